The van der Waals surface area contributed by atoms with E-state index in [1.807, 2.05) is 6.07 Å². The normalized spacial score (nSPS) is 12.4. The fraction of sp³-hybridized carbons (Fsp3) is 0.500. The molecule has 0 fully saturated rings. The van der Waals surface area contributed by atoms with Crippen LogP contribution in [-0.2, 0) is 17.6 Å². The van der Waals surface area contributed by atoms with Gasteiger partial charge >= 0.3 is 5.97 Å². The van der Waals surface area contributed by atoms with Crippen LogP contribution in [0.2, 0.25) is 0 Å². The largest absolute Gasteiger partial charge is 0.480 e. The van der Waals surface area contributed by atoms with Crippen molar-refractivity contribution in [2.75, 3.05) is 0 Å². The fourth-order valence-corrected chi connectivity index (χ4v) is 1.22. The number of hydrogen-bond acceptors (Lipinski definition) is 4. The maximum Gasteiger partial charge on any atom is 0.320 e. The van der Waals surface area contributed by atoms with Crippen LogP contribution >= 0.6 is 0 Å². The highest BCUT2D eigenvalue weighted by molar-refractivity contribution is 5.73. The van der Waals surface area contributed by atoms with Crippen molar-refractivity contribution in [1.82, 2.24) is 9.97 Å². The zero-order valence-electron chi connectivity index (χ0n) is 8.68. The van der Waals surface area contributed by atoms with Gasteiger partial charge in [-0.15, -0.1) is 0 Å². The van der Waals surface area contributed by atoms with Crippen molar-refractivity contribution in [2.24, 2.45) is 5.73 Å². The minimum atomic E-state index is -1.03. The molecule has 1 rings (SSSR count). The van der Waals surface area contributed by atoms with E-state index >= 15 is 0 Å². The Kier molecular flexibility index (Phi) is 4.17. The highest BCUT2D eigenvalue weighted by atomic mass is 16.4. The minimum absolute atomic E-state index is 0.173. The van der Waals surface area contributed by atoms with E-state index in [2.05, 4.69) is 16.9 Å². The number of hydrogen-bond donors (Lipinski definition) is 2. The van der Waals surface area contributed by atoms with E-state index in [1.54, 1.807) is 6.20 Å². The third-order valence-corrected chi connectivity index (χ3v) is 1.99. The molecule has 0 aromatic carbocycles. The molecule has 0 aliphatic rings. The molecule has 82 valence electrons. The van der Waals surface area contributed by atoms with Gasteiger partial charge in [0.2, 0.25) is 0 Å². The van der Waals surface area contributed by atoms with Crippen LogP contribution in [0.3, 0.4) is 0 Å². The molecule has 1 aromatic heterocycles. The first-order chi connectivity index (χ1) is 7.13. The summed E-state index contributed by atoms with van der Waals surface area (Å²) in [7, 11) is 0. The lowest BCUT2D eigenvalue weighted by Crippen LogP contribution is -2.33. The van der Waals surface area contributed by atoms with Gasteiger partial charge in [0.05, 0.1) is 0 Å². The third-order valence-electron chi connectivity index (χ3n) is 1.99. The molecule has 0 saturated heterocycles. The zero-order chi connectivity index (χ0) is 11.3. The van der Waals surface area contributed by atoms with E-state index in [0.717, 1.165) is 18.5 Å². The summed E-state index contributed by atoms with van der Waals surface area (Å²) in [6, 6.07) is 0.904. The van der Waals surface area contributed by atoms with Crippen molar-refractivity contribution in [3.05, 3.63) is 23.8 Å². The van der Waals surface area contributed by atoms with E-state index in [4.69, 9.17) is 10.8 Å². The number of rotatable bonds is 5. The Labute approximate surface area is 88.4 Å². The summed E-state index contributed by atoms with van der Waals surface area (Å²) in [6.07, 6.45) is 3.69. The number of carboxylic acid groups (broad SMARTS) is 1. The molecular weight excluding hydrogens is 194 g/mol. The van der Waals surface area contributed by atoms with Crippen LogP contribution in [0.1, 0.15) is 24.9 Å². The zero-order valence-corrected chi connectivity index (χ0v) is 8.68. The topological polar surface area (TPSA) is 89.1 Å². The van der Waals surface area contributed by atoms with E-state index in [0.29, 0.717) is 5.82 Å². The first kappa shape index (κ1) is 11.6. The number of carbonyl (C=O) groups is 1. The van der Waals surface area contributed by atoms with Gasteiger partial charge in [-0.25, -0.2) is 9.97 Å². The second-order valence-electron chi connectivity index (χ2n) is 3.36. The Morgan fingerprint density at radius 2 is 2.40 bits per heavy atom. The second kappa shape index (κ2) is 5.41. The molecule has 5 nitrogen and oxygen atoms in total. The number of aliphatic carboxylic acids is 1. The van der Waals surface area contributed by atoms with Crippen LogP contribution in [0.15, 0.2) is 12.3 Å². The smallest absolute Gasteiger partial charge is 0.320 e. The van der Waals surface area contributed by atoms with Crippen molar-refractivity contribution in [3.8, 4) is 0 Å². The maximum atomic E-state index is 10.5. The second-order valence-corrected chi connectivity index (χ2v) is 3.36. The Bertz CT molecular complexity index is 341. The Morgan fingerprint density at radius 1 is 1.67 bits per heavy atom. The summed E-state index contributed by atoms with van der Waals surface area (Å²) in [5.74, 6) is -0.532. The summed E-state index contributed by atoms with van der Waals surface area (Å²) in [4.78, 5) is 18.8. The number of aromatic nitrogens is 2. The Morgan fingerprint density at radius 3 is 3.00 bits per heavy atom. The summed E-state index contributed by atoms with van der Waals surface area (Å²) < 4.78 is 0. The molecule has 1 unspecified atom stereocenters. The molecule has 1 heterocycles. The maximum absolute atomic E-state index is 10.5. The summed E-state index contributed by atoms with van der Waals surface area (Å²) in [5.41, 5.74) is 6.32. The molecule has 0 amide bonds. The van der Waals surface area contributed by atoms with E-state index in [-0.39, 0.29) is 6.42 Å². The van der Waals surface area contributed by atoms with Gasteiger partial charge in [-0.3, -0.25) is 4.79 Å². The SMILES string of the molecule is CCCc1ccnc(CC(N)C(=O)O)n1. The Balaban J connectivity index is 2.68. The van der Waals surface area contributed by atoms with E-state index < -0.39 is 12.0 Å². The van der Waals surface area contributed by atoms with Crippen molar-refractivity contribution < 1.29 is 9.90 Å². The van der Waals surface area contributed by atoms with Gasteiger partial charge in [-0.2, -0.15) is 0 Å². The molecule has 0 saturated carbocycles. The first-order valence-corrected chi connectivity index (χ1v) is 4.92. The van der Waals surface area contributed by atoms with Crippen molar-refractivity contribution >= 4 is 5.97 Å². The molecule has 3 N–H and O–H groups in total. The Hall–Kier alpha value is -1.49. The van der Waals surface area contributed by atoms with Gasteiger partial charge in [0.25, 0.3) is 0 Å². The quantitative estimate of drug-likeness (QED) is 0.732. The lowest BCUT2D eigenvalue weighted by molar-refractivity contribution is -0.138. The van der Waals surface area contributed by atoms with Gasteiger partial charge in [0, 0.05) is 18.3 Å². The lowest BCUT2D eigenvalue weighted by atomic mass is 10.2. The standard InChI is InChI=1S/C10H15N3O2/c1-2-3-7-4-5-12-9(13-7)6-8(11)10(14)15/h4-5,8H,2-3,6,11H2,1H3,(H,14,15). The van der Waals surface area contributed by atoms with Gasteiger partial charge in [0.1, 0.15) is 11.9 Å². The monoisotopic (exact) mass is 209 g/mol. The van der Waals surface area contributed by atoms with Gasteiger partial charge in [-0.05, 0) is 12.5 Å². The molecule has 15 heavy (non-hydrogen) atoms. The molecule has 1 atom stereocenters. The molecule has 0 aliphatic heterocycles. The molecule has 0 aliphatic carbocycles. The third kappa shape index (κ3) is 3.63. The van der Waals surface area contributed by atoms with Crippen LogP contribution in [-0.4, -0.2) is 27.1 Å². The van der Waals surface area contributed by atoms with Crippen molar-refractivity contribution in [1.29, 1.82) is 0 Å². The molecule has 0 bridgehead atoms. The predicted octanol–water partition coefficient (Wildman–Crippen LogP) is 0.384. The van der Waals surface area contributed by atoms with Crippen LogP contribution in [0.4, 0.5) is 0 Å². The van der Waals surface area contributed by atoms with Gasteiger partial charge < -0.3 is 10.8 Å². The van der Waals surface area contributed by atoms with Crippen molar-refractivity contribution in [2.45, 2.75) is 32.2 Å². The molecule has 0 radical (unpaired) electrons. The number of aryl methyl sites for hydroxylation is 1. The first-order valence-electron chi connectivity index (χ1n) is 4.92. The molecule has 5 heteroatoms. The van der Waals surface area contributed by atoms with E-state index in [9.17, 15) is 4.79 Å². The minimum Gasteiger partial charge on any atom is -0.480 e. The molecule has 0 spiro atoms. The fourth-order valence-electron chi connectivity index (χ4n) is 1.22. The molecular formula is C10H15N3O2. The van der Waals surface area contributed by atoms with Crippen LogP contribution in [0, 0.1) is 0 Å². The molecule has 1 aromatic rings. The average molecular weight is 209 g/mol. The number of nitrogens with two attached hydrogens (primary N) is 1. The highest BCUT2D eigenvalue weighted by Gasteiger charge is 2.13. The van der Waals surface area contributed by atoms with Gasteiger partial charge in [0.15, 0.2) is 0 Å². The van der Waals surface area contributed by atoms with Gasteiger partial charge in [-0.1, -0.05) is 13.3 Å². The summed E-state index contributed by atoms with van der Waals surface area (Å²) >= 11 is 0. The average Bonchev–Trinajstić information content (AvgIpc) is 2.18. The summed E-state index contributed by atoms with van der Waals surface area (Å²) in [5, 5.41) is 8.64. The number of nitrogens with zero attached hydrogens (tertiary/aromatic N) is 2. The van der Waals surface area contributed by atoms with Crippen LogP contribution in [0.5, 0.6) is 0 Å². The highest BCUT2D eigenvalue weighted by Crippen LogP contribution is 2.01. The van der Waals surface area contributed by atoms with Crippen molar-refractivity contribution in [3.63, 3.8) is 0 Å². The van der Waals surface area contributed by atoms with Crippen LogP contribution < -0.4 is 5.73 Å². The van der Waals surface area contributed by atoms with E-state index in [1.165, 1.54) is 0 Å². The predicted molar refractivity (Wildman–Crippen MR) is 55.3 cm³/mol. The number of carboxylic acids is 1. The van der Waals surface area contributed by atoms with Crippen LogP contribution in [0.25, 0.3) is 0 Å². The lowest BCUT2D eigenvalue weighted by Gasteiger charge is -2.05. The summed E-state index contributed by atoms with van der Waals surface area (Å²) in [6.45, 7) is 2.06.